The summed E-state index contributed by atoms with van der Waals surface area (Å²) < 4.78 is 31.0. The number of hydrogen-bond donors (Lipinski definition) is 1. The fourth-order valence-electron chi connectivity index (χ4n) is 3.42. The van der Waals surface area contributed by atoms with Gasteiger partial charge < -0.3 is 5.48 Å². The minimum atomic E-state index is -4.08. The molecule has 3 N–H and O–H groups in total. The standard InChI is InChI=1S/C10H16O4S.H2O/c1-9(2)7-3-4-10(9,8(11)5-7)6-15(12,13)14;/h7H,3-6H2,1-2H3,(H,12,13,14);1H2/t7?,10-;/m1./s1. The van der Waals surface area contributed by atoms with Crippen LogP contribution in [-0.4, -0.2) is 30.0 Å². The van der Waals surface area contributed by atoms with E-state index >= 15 is 0 Å². The number of Topliss-reactive ketones (excluding diaryl/α,β-unsaturated/α-hetero) is 1. The summed E-state index contributed by atoms with van der Waals surface area (Å²) in [6, 6.07) is 0. The molecule has 0 heterocycles. The van der Waals surface area contributed by atoms with Gasteiger partial charge >= 0.3 is 0 Å². The Kier molecular flexibility index (Phi) is 2.99. The van der Waals surface area contributed by atoms with Crippen molar-refractivity contribution in [3.05, 3.63) is 0 Å². The van der Waals surface area contributed by atoms with Crippen LogP contribution in [0.4, 0.5) is 0 Å². The monoisotopic (exact) mass is 250 g/mol. The topological polar surface area (TPSA) is 103 Å². The highest BCUT2D eigenvalue weighted by Crippen LogP contribution is 2.64. The number of ketones is 1. The highest BCUT2D eigenvalue weighted by molar-refractivity contribution is 7.85. The predicted molar refractivity (Wildman–Crippen MR) is 58.6 cm³/mol. The summed E-state index contributed by atoms with van der Waals surface area (Å²) in [6.07, 6.45) is 1.97. The minimum absolute atomic E-state index is 0. The van der Waals surface area contributed by atoms with Crippen LogP contribution in [0.1, 0.15) is 33.1 Å². The summed E-state index contributed by atoms with van der Waals surface area (Å²) in [5, 5.41) is 0. The van der Waals surface area contributed by atoms with Gasteiger partial charge in [-0.05, 0) is 24.2 Å². The Bertz CT molecular complexity index is 411. The van der Waals surface area contributed by atoms with E-state index < -0.39 is 21.3 Å². The van der Waals surface area contributed by atoms with E-state index in [1.165, 1.54) is 0 Å². The van der Waals surface area contributed by atoms with Gasteiger partial charge in [0, 0.05) is 6.42 Å². The lowest BCUT2D eigenvalue weighted by Crippen LogP contribution is -2.42. The maximum Gasteiger partial charge on any atom is 0.265 e. The van der Waals surface area contributed by atoms with Crippen molar-refractivity contribution in [2.24, 2.45) is 16.7 Å². The van der Waals surface area contributed by atoms with E-state index in [1.54, 1.807) is 0 Å². The molecule has 16 heavy (non-hydrogen) atoms. The lowest BCUT2D eigenvalue weighted by Gasteiger charge is -2.35. The van der Waals surface area contributed by atoms with Gasteiger partial charge in [-0.15, -0.1) is 0 Å². The summed E-state index contributed by atoms with van der Waals surface area (Å²) in [7, 11) is -4.08. The van der Waals surface area contributed by atoms with Crippen molar-refractivity contribution >= 4 is 15.9 Å². The zero-order valence-corrected chi connectivity index (χ0v) is 10.3. The summed E-state index contributed by atoms with van der Waals surface area (Å²) in [4.78, 5) is 11.9. The maximum absolute atomic E-state index is 11.9. The van der Waals surface area contributed by atoms with Gasteiger partial charge in [0.25, 0.3) is 10.1 Å². The number of carbonyl (C=O) groups excluding carboxylic acids is 1. The number of rotatable bonds is 2. The summed E-state index contributed by atoms with van der Waals surface area (Å²) >= 11 is 0. The highest BCUT2D eigenvalue weighted by atomic mass is 32.2. The normalized spacial score (nSPS) is 36.2. The molecule has 0 aliphatic heterocycles. The highest BCUT2D eigenvalue weighted by Gasteiger charge is 2.65. The Labute approximate surface area is 95.3 Å². The van der Waals surface area contributed by atoms with E-state index in [0.717, 1.165) is 6.42 Å². The summed E-state index contributed by atoms with van der Waals surface area (Å²) in [6.45, 7) is 3.89. The Morgan fingerprint density at radius 2 is 2.00 bits per heavy atom. The molecule has 5 nitrogen and oxygen atoms in total. The Hall–Kier alpha value is -0.460. The zero-order valence-electron chi connectivity index (χ0n) is 9.49. The van der Waals surface area contributed by atoms with Crippen molar-refractivity contribution in [3.8, 4) is 0 Å². The molecule has 0 radical (unpaired) electrons. The SMILES string of the molecule is CC1(C)C2CC[C@@]1(CS(=O)(=O)O)C(=O)C2.O. The Balaban J connectivity index is 0.00000128. The minimum Gasteiger partial charge on any atom is -0.412 e. The van der Waals surface area contributed by atoms with E-state index in [9.17, 15) is 13.2 Å². The molecule has 1 unspecified atom stereocenters. The third-order valence-corrected chi connectivity index (χ3v) is 5.43. The van der Waals surface area contributed by atoms with Crippen LogP contribution in [0.5, 0.6) is 0 Å². The zero-order chi connectivity index (χ0) is 11.5. The number of hydrogen-bond acceptors (Lipinski definition) is 3. The van der Waals surface area contributed by atoms with Crippen molar-refractivity contribution in [2.45, 2.75) is 33.1 Å². The molecular weight excluding hydrogens is 232 g/mol. The summed E-state index contributed by atoms with van der Waals surface area (Å²) in [5.74, 6) is -0.101. The first-order valence-electron chi connectivity index (χ1n) is 5.17. The van der Waals surface area contributed by atoms with E-state index in [-0.39, 0.29) is 22.6 Å². The van der Waals surface area contributed by atoms with Gasteiger partial charge in [0.15, 0.2) is 0 Å². The third kappa shape index (κ3) is 1.59. The lowest BCUT2D eigenvalue weighted by molar-refractivity contribution is -0.128. The molecule has 0 aromatic heterocycles. The molecule has 6 heteroatoms. The molecule has 2 atom stereocenters. The second-order valence-corrected chi connectivity index (χ2v) is 6.85. The smallest absolute Gasteiger partial charge is 0.265 e. The van der Waals surface area contributed by atoms with Crippen LogP contribution in [0.15, 0.2) is 0 Å². The van der Waals surface area contributed by atoms with Crippen molar-refractivity contribution in [3.63, 3.8) is 0 Å². The fraction of sp³-hybridized carbons (Fsp3) is 0.900. The quantitative estimate of drug-likeness (QED) is 0.718. The number of carbonyl (C=O) groups is 1. The molecule has 0 spiro atoms. The van der Waals surface area contributed by atoms with Crippen molar-refractivity contribution in [2.75, 3.05) is 5.75 Å². The maximum atomic E-state index is 11.9. The van der Waals surface area contributed by atoms with Gasteiger partial charge in [0.1, 0.15) is 5.78 Å². The van der Waals surface area contributed by atoms with E-state index in [0.29, 0.717) is 12.8 Å². The fourth-order valence-corrected chi connectivity index (χ4v) is 4.72. The summed E-state index contributed by atoms with van der Waals surface area (Å²) in [5.41, 5.74) is -1.12. The van der Waals surface area contributed by atoms with Crippen LogP contribution >= 0.6 is 0 Å². The average Bonchev–Trinajstić information content (AvgIpc) is 2.34. The molecule has 0 aromatic rings. The van der Waals surface area contributed by atoms with E-state index in [2.05, 4.69) is 0 Å². The predicted octanol–water partition coefficient (Wildman–Crippen LogP) is 0.445. The average molecular weight is 250 g/mol. The van der Waals surface area contributed by atoms with Crippen LogP contribution < -0.4 is 0 Å². The molecule has 0 saturated heterocycles. The van der Waals surface area contributed by atoms with E-state index in [4.69, 9.17) is 4.55 Å². The second-order valence-electron chi connectivity index (χ2n) is 5.39. The molecule has 0 aromatic carbocycles. The molecule has 2 saturated carbocycles. The van der Waals surface area contributed by atoms with Crippen LogP contribution in [0.2, 0.25) is 0 Å². The second kappa shape index (κ2) is 3.51. The molecule has 94 valence electrons. The first-order valence-corrected chi connectivity index (χ1v) is 6.78. The molecule has 2 rings (SSSR count). The molecule has 2 aliphatic carbocycles. The van der Waals surface area contributed by atoms with Gasteiger partial charge in [0.2, 0.25) is 0 Å². The van der Waals surface area contributed by atoms with Crippen LogP contribution in [0, 0.1) is 16.7 Å². The van der Waals surface area contributed by atoms with Gasteiger partial charge in [-0.3, -0.25) is 9.35 Å². The number of fused-ring (bicyclic) bond motifs is 2. The third-order valence-electron chi connectivity index (χ3n) is 4.57. The van der Waals surface area contributed by atoms with Gasteiger partial charge in [-0.25, -0.2) is 0 Å². The molecule has 0 amide bonds. The van der Waals surface area contributed by atoms with Crippen molar-refractivity contribution in [1.29, 1.82) is 0 Å². The Morgan fingerprint density at radius 1 is 1.44 bits per heavy atom. The molecule has 2 fully saturated rings. The Morgan fingerprint density at radius 3 is 2.31 bits per heavy atom. The van der Waals surface area contributed by atoms with Gasteiger partial charge in [-0.2, -0.15) is 8.42 Å². The molecule has 2 aliphatic rings. The van der Waals surface area contributed by atoms with Crippen molar-refractivity contribution < 1.29 is 23.2 Å². The first-order chi connectivity index (χ1) is 6.69. The van der Waals surface area contributed by atoms with Crippen LogP contribution in [0.25, 0.3) is 0 Å². The largest absolute Gasteiger partial charge is 0.412 e. The van der Waals surface area contributed by atoms with Gasteiger partial charge in [-0.1, -0.05) is 13.8 Å². The van der Waals surface area contributed by atoms with Crippen molar-refractivity contribution in [1.82, 2.24) is 0 Å². The van der Waals surface area contributed by atoms with Crippen LogP contribution in [-0.2, 0) is 14.9 Å². The van der Waals surface area contributed by atoms with Crippen LogP contribution in [0.3, 0.4) is 0 Å². The lowest BCUT2D eigenvalue weighted by atomic mass is 9.70. The van der Waals surface area contributed by atoms with E-state index in [1.807, 2.05) is 13.8 Å². The first kappa shape index (κ1) is 13.6. The molecular formula is C10H18O5S. The van der Waals surface area contributed by atoms with Gasteiger partial charge in [0.05, 0.1) is 11.2 Å². The molecule has 2 bridgehead atoms.